The van der Waals surface area contributed by atoms with Gasteiger partial charge in [0.05, 0.1) is 12.0 Å². The topological polar surface area (TPSA) is 69.4 Å². The minimum atomic E-state index is -2.01. The van der Waals surface area contributed by atoms with E-state index in [4.69, 9.17) is 23.2 Å². The van der Waals surface area contributed by atoms with Crippen molar-refractivity contribution in [3.63, 3.8) is 0 Å². The molecule has 0 saturated carbocycles. The van der Waals surface area contributed by atoms with E-state index >= 15 is 0 Å². The summed E-state index contributed by atoms with van der Waals surface area (Å²) in [5.41, 5.74) is 0. The molecule has 0 aromatic rings. The number of hydrogen-bond acceptors (Lipinski definition) is 4. The van der Waals surface area contributed by atoms with Crippen LogP contribution in [0.15, 0.2) is 0 Å². The molecule has 0 unspecified atom stereocenters. The van der Waals surface area contributed by atoms with Gasteiger partial charge < -0.3 is 4.74 Å². The third kappa shape index (κ3) is 4.90. The number of nitro groups is 1. The van der Waals surface area contributed by atoms with Crippen molar-refractivity contribution in [2.45, 2.75) is 23.7 Å². The maximum atomic E-state index is 10.6. The molecule has 76 valence electrons. The molecule has 0 atom stereocenters. The number of alkyl halides is 2. The summed E-state index contributed by atoms with van der Waals surface area (Å²) in [6.45, 7) is 0. The van der Waals surface area contributed by atoms with Crippen LogP contribution in [0, 0.1) is 10.1 Å². The largest absolute Gasteiger partial charge is 0.469 e. The molecule has 5 nitrogen and oxygen atoms in total. The molecular formula is C6H9Cl2NO4. The normalized spacial score (nSPS) is 11.0. The maximum Gasteiger partial charge on any atom is 0.370 e. The Morgan fingerprint density at radius 3 is 2.54 bits per heavy atom. The second kappa shape index (κ2) is 5.24. The summed E-state index contributed by atoms with van der Waals surface area (Å²) in [6.07, 6.45) is 0.213. The summed E-state index contributed by atoms with van der Waals surface area (Å²) >= 11 is 10.6. The SMILES string of the molecule is COC(=O)CCCC(Cl)(Cl)[N+](=O)[O-]. The third-order valence-electron chi connectivity index (χ3n) is 1.35. The van der Waals surface area contributed by atoms with Crippen LogP contribution in [-0.2, 0) is 9.53 Å². The Morgan fingerprint density at radius 2 is 2.15 bits per heavy atom. The van der Waals surface area contributed by atoms with E-state index in [2.05, 4.69) is 4.74 Å². The van der Waals surface area contributed by atoms with E-state index in [1.165, 1.54) is 7.11 Å². The fourth-order valence-electron chi connectivity index (χ4n) is 0.639. The van der Waals surface area contributed by atoms with Crippen molar-refractivity contribution in [3.8, 4) is 0 Å². The zero-order valence-electron chi connectivity index (χ0n) is 6.96. The van der Waals surface area contributed by atoms with E-state index in [9.17, 15) is 14.9 Å². The predicted octanol–water partition coefficient (Wildman–Crippen LogP) is 1.74. The second-order valence-corrected chi connectivity index (χ2v) is 3.80. The number of nitrogens with zero attached hydrogens (tertiary/aromatic N) is 1. The van der Waals surface area contributed by atoms with Gasteiger partial charge >= 0.3 is 10.4 Å². The summed E-state index contributed by atoms with van der Waals surface area (Å²) in [4.78, 5) is 20.0. The highest BCUT2D eigenvalue weighted by atomic mass is 35.5. The van der Waals surface area contributed by atoms with Crippen LogP contribution in [0.4, 0.5) is 0 Å². The summed E-state index contributed by atoms with van der Waals surface area (Å²) in [5, 5.41) is 10.2. The summed E-state index contributed by atoms with van der Waals surface area (Å²) in [7, 11) is 1.24. The lowest BCUT2D eigenvalue weighted by Gasteiger charge is -2.08. The zero-order chi connectivity index (χ0) is 10.5. The van der Waals surface area contributed by atoms with Gasteiger partial charge in [-0.15, -0.1) is 0 Å². The summed E-state index contributed by atoms with van der Waals surface area (Å²) in [6, 6.07) is 0. The molecule has 0 bridgehead atoms. The lowest BCUT2D eigenvalue weighted by molar-refractivity contribution is -0.516. The van der Waals surface area contributed by atoms with Crippen LogP contribution >= 0.6 is 23.2 Å². The molecule has 0 rings (SSSR count). The van der Waals surface area contributed by atoms with Crippen LogP contribution in [0.25, 0.3) is 0 Å². The Labute approximate surface area is 85.1 Å². The van der Waals surface area contributed by atoms with Crippen molar-refractivity contribution in [2.75, 3.05) is 7.11 Å². The Balaban J connectivity index is 3.76. The monoisotopic (exact) mass is 229 g/mol. The zero-order valence-corrected chi connectivity index (χ0v) is 8.47. The van der Waals surface area contributed by atoms with E-state index in [0.717, 1.165) is 0 Å². The van der Waals surface area contributed by atoms with Crippen LogP contribution in [0.1, 0.15) is 19.3 Å². The van der Waals surface area contributed by atoms with E-state index in [-0.39, 0.29) is 19.3 Å². The highest BCUT2D eigenvalue weighted by Crippen LogP contribution is 2.27. The maximum absolute atomic E-state index is 10.6. The third-order valence-corrected chi connectivity index (χ3v) is 2.01. The van der Waals surface area contributed by atoms with Gasteiger partial charge in [-0.25, -0.2) is 0 Å². The first-order valence-electron chi connectivity index (χ1n) is 3.49. The number of ether oxygens (including phenoxy) is 1. The van der Waals surface area contributed by atoms with Crippen LogP contribution in [0.2, 0.25) is 0 Å². The first-order valence-corrected chi connectivity index (χ1v) is 4.25. The molecule has 0 spiro atoms. The van der Waals surface area contributed by atoms with Gasteiger partial charge in [0.1, 0.15) is 0 Å². The molecule has 0 aliphatic carbocycles. The van der Waals surface area contributed by atoms with E-state index in [0.29, 0.717) is 0 Å². The minimum absolute atomic E-state index is 0.0749. The van der Waals surface area contributed by atoms with Gasteiger partial charge in [-0.3, -0.25) is 14.9 Å². The van der Waals surface area contributed by atoms with Crippen LogP contribution < -0.4 is 0 Å². The molecule has 13 heavy (non-hydrogen) atoms. The molecule has 0 aliphatic rings. The van der Waals surface area contributed by atoms with Gasteiger partial charge in [0.25, 0.3) is 0 Å². The molecule has 0 radical (unpaired) electrons. The van der Waals surface area contributed by atoms with Gasteiger partial charge in [0, 0.05) is 12.8 Å². The first-order chi connectivity index (χ1) is 5.90. The standard InChI is InChI=1S/C6H9Cl2NO4/c1-13-5(10)3-2-4-6(7,8)9(11)12/h2-4H2,1H3. The average Bonchev–Trinajstić information content (AvgIpc) is 2.03. The molecule has 0 saturated heterocycles. The predicted molar refractivity (Wildman–Crippen MR) is 47.3 cm³/mol. The van der Waals surface area contributed by atoms with Crippen molar-refractivity contribution in [1.29, 1.82) is 0 Å². The van der Waals surface area contributed by atoms with Crippen LogP contribution in [0.3, 0.4) is 0 Å². The Hall–Kier alpha value is -0.550. The van der Waals surface area contributed by atoms with E-state index in [1.54, 1.807) is 0 Å². The van der Waals surface area contributed by atoms with Crippen molar-refractivity contribution in [2.24, 2.45) is 0 Å². The molecule has 7 heteroatoms. The molecular weight excluding hydrogens is 221 g/mol. The Morgan fingerprint density at radius 1 is 1.62 bits per heavy atom. The number of esters is 1. The minimum Gasteiger partial charge on any atom is -0.469 e. The molecule has 0 amide bonds. The van der Waals surface area contributed by atoms with Gasteiger partial charge in [-0.2, -0.15) is 0 Å². The number of rotatable bonds is 5. The van der Waals surface area contributed by atoms with Crippen molar-refractivity contribution < 1.29 is 14.5 Å². The Bertz CT molecular complexity index is 207. The number of carbonyl (C=O) groups is 1. The van der Waals surface area contributed by atoms with Crippen molar-refractivity contribution in [3.05, 3.63) is 10.1 Å². The Kier molecular flexibility index (Phi) is 5.02. The summed E-state index contributed by atoms with van der Waals surface area (Å²) < 4.78 is 2.32. The van der Waals surface area contributed by atoms with Crippen LogP contribution in [0.5, 0.6) is 0 Å². The quantitative estimate of drug-likeness (QED) is 0.237. The van der Waals surface area contributed by atoms with Gasteiger partial charge in [-0.05, 0) is 29.6 Å². The van der Waals surface area contributed by atoms with Crippen LogP contribution in [-0.4, -0.2) is 22.5 Å². The fourth-order valence-corrected chi connectivity index (χ4v) is 0.906. The summed E-state index contributed by atoms with van der Waals surface area (Å²) in [5.74, 6) is -0.438. The number of hydrogen-bond donors (Lipinski definition) is 0. The van der Waals surface area contributed by atoms with Gasteiger partial charge in [-0.1, -0.05) is 0 Å². The van der Waals surface area contributed by atoms with Crippen molar-refractivity contribution in [1.82, 2.24) is 0 Å². The van der Waals surface area contributed by atoms with E-state index in [1.807, 2.05) is 0 Å². The highest BCUT2D eigenvalue weighted by molar-refractivity contribution is 6.46. The molecule has 0 aromatic heterocycles. The van der Waals surface area contributed by atoms with Gasteiger partial charge in [0.15, 0.2) is 0 Å². The highest BCUT2D eigenvalue weighted by Gasteiger charge is 2.36. The number of carbonyl (C=O) groups excluding carboxylic acids is 1. The molecule has 0 heterocycles. The smallest absolute Gasteiger partial charge is 0.370 e. The number of methoxy groups -OCH3 is 1. The molecule has 0 fully saturated rings. The molecule has 0 aliphatic heterocycles. The lowest BCUT2D eigenvalue weighted by atomic mass is 10.2. The van der Waals surface area contributed by atoms with Crippen molar-refractivity contribution >= 4 is 29.2 Å². The molecule has 0 N–H and O–H groups in total. The van der Waals surface area contributed by atoms with E-state index < -0.39 is 15.3 Å². The second-order valence-electron chi connectivity index (χ2n) is 2.35. The fraction of sp³-hybridized carbons (Fsp3) is 0.833. The van der Waals surface area contributed by atoms with Gasteiger partial charge in [0.2, 0.25) is 0 Å². The average molecular weight is 230 g/mol. The lowest BCUT2D eigenvalue weighted by Crippen LogP contribution is -2.24. The number of halogens is 2. The first kappa shape index (κ1) is 12.4. The molecule has 0 aromatic carbocycles.